The molecule has 0 bridgehead atoms. The van der Waals surface area contributed by atoms with Crippen molar-refractivity contribution in [2.75, 3.05) is 13.1 Å². The molecule has 0 spiro atoms. The first-order valence-corrected chi connectivity index (χ1v) is 6.60. The van der Waals surface area contributed by atoms with Crippen LogP contribution in [0.2, 0.25) is 0 Å². The van der Waals surface area contributed by atoms with Gasteiger partial charge in [-0.15, -0.1) is 0 Å². The molecular weight excluding hydrogens is 202 g/mol. The van der Waals surface area contributed by atoms with E-state index in [1.165, 1.54) is 6.42 Å². The Balaban J connectivity index is 2.74. The van der Waals surface area contributed by atoms with Gasteiger partial charge in [0.25, 0.3) is 0 Å². The number of carbonyl (C=O) groups is 1. The number of aliphatic carboxylic acids is 1. The number of nitrogens with zero attached hydrogens (tertiary/aromatic N) is 1. The van der Waals surface area contributed by atoms with Crippen LogP contribution < -0.4 is 0 Å². The summed E-state index contributed by atoms with van der Waals surface area (Å²) < 4.78 is 0. The molecule has 0 radical (unpaired) electrons. The van der Waals surface area contributed by atoms with Gasteiger partial charge in [-0.05, 0) is 38.3 Å². The number of carboxylic acids is 1. The summed E-state index contributed by atoms with van der Waals surface area (Å²) in [6.45, 7) is 8.38. The maximum atomic E-state index is 11.3. The first-order valence-electron chi connectivity index (χ1n) is 6.60. The first-order chi connectivity index (χ1) is 7.63. The zero-order chi connectivity index (χ0) is 12.1. The van der Waals surface area contributed by atoms with Crippen LogP contribution in [-0.2, 0) is 4.79 Å². The van der Waals surface area contributed by atoms with Crippen molar-refractivity contribution in [3.8, 4) is 0 Å². The molecule has 1 fully saturated rings. The van der Waals surface area contributed by atoms with Gasteiger partial charge in [0.05, 0.1) is 5.92 Å². The van der Waals surface area contributed by atoms with Gasteiger partial charge in [0.1, 0.15) is 0 Å². The van der Waals surface area contributed by atoms with Gasteiger partial charge in [0, 0.05) is 6.04 Å². The second-order valence-electron chi connectivity index (χ2n) is 4.82. The molecule has 1 saturated carbocycles. The highest BCUT2D eigenvalue weighted by atomic mass is 16.4. The molecule has 0 aliphatic heterocycles. The molecule has 1 aliphatic rings. The summed E-state index contributed by atoms with van der Waals surface area (Å²) in [5.74, 6) is -0.0321. The summed E-state index contributed by atoms with van der Waals surface area (Å²) in [4.78, 5) is 13.6. The van der Waals surface area contributed by atoms with E-state index in [0.29, 0.717) is 0 Å². The molecule has 1 aliphatic carbocycles. The molecule has 16 heavy (non-hydrogen) atoms. The van der Waals surface area contributed by atoms with Gasteiger partial charge >= 0.3 is 5.97 Å². The van der Waals surface area contributed by atoms with Crippen LogP contribution in [-0.4, -0.2) is 35.1 Å². The van der Waals surface area contributed by atoms with Gasteiger partial charge in [0.2, 0.25) is 0 Å². The lowest BCUT2D eigenvalue weighted by molar-refractivity contribution is -0.146. The average Bonchev–Trinajstić information content (AvgIpc) is 2.30. The Morgan fingerprint density at radius 1 is 1.25 bits per heavy atom. The summed E-state index contributed by atoms with van der Waals surface area (Å²) in [6, 6.07) is 0.256. The van der Waals surface area contributed by atoms with Crippen molar-refractivity contribution < 1.29 is 9.90 Å². The lowest BCUT2D eigenvalue weighted by Crippen LogP contribution is -2.47. The Morgan fingerprint density at radius 3 is 2.31 bits per heavy atom. The zero-order valence-electron chi connectivity index (χ0n) is 10.8. The van der Waals surface area contributed by atoms with E-state index in [1.54, 1.807) is 0 Å². The van der Waals surface area contributed by atoms with E-state index >= 15 is 0 Å². The van der Waals surface area contributed by atoms with Crippen molar-refractivity contribution >= 4 is 5.97 Å². The van der Waals surface area contributed by atoms with E-state index in [4.69, 9.17) is 0 Å². The molecule has 3 unspecified atom stereocenters. The van der Waals surface area contributed by atoms with Crippen molar-refractivity contribution in [3.05, 3.63) is 0 Å². The lowest BCUT2D eigenvalue weighted by atomic mass is 9.76. The zero-order valence-corrected chi connectivity index (χ0v) is 10.8. The van der Waals surface area contributed by atoms with Crippen LogP contribution >= 0.6 is 0 Å². The Kier molecular flexibility index (Phi) is 5.26. The third-order valence-corrected chi connectivity index (χ3v) is 4.10. The van der Waals surface area contributed by atoms with Gasteiger partial charge in [0.15, 0.2) is 0 Å². The number of hydrogen-bond acceptors (Lipinski definition) is 2. The Labute approximate surface area is 98.8 Å². The van der Waals surface area contributed by atoms with Crippen LogP contribution in [0.3, 0.4) is 0 Å². The molecular formula is C13H25NO2. The van der Waals surface area contributed by atoms with Crippen LogP contribution in [0.1, 0.15) is 46.5 Å². The summed E-state index contributed by atoms with van der Waals surface area (Å²) in [7, 11) is 0. The molecule has 0 heterocycles. The van der Waals surface area contributed by atoms with Crippen LogP contribution in [0.5, 0.6) is 0 Å². The first kappa shape index (κ1) is 13.5. The average molecular weight is 227 g/mol. The van der Waals surface area contributed by atoms with Crippen LogP contribution in [0.15, 0.2) is 0 Å². The standard InChI is InChI=1S/C13H25NO2/c1-4-10-7-8-11(13(15)16)12(9-10)14(5-2)6-3/h10-12H,4-9H2,1-3H3,(H,15,16). The topological polar surface area (TPSA) is 40.5 Å². The third kappa shape index (κ3) is 2.97. The third-order valence-electron chi connectivity index (χ3n) is 4.10. The quantitative estimate of drug-likeness (QED) is 0.785. The predicted molar refractivity (Wildman–Crippen MR) is 65.5 cm³/mol. The maximum Gasteiger partial charge on any atom is 0.308 e. The molecule has 0 aromatic heterocycles. The second kappa shape index (κ2) is 6.24. The van der Waals surface area contributed by atoms with Crippen LogP contribution in [0.4, 0.5) is 0 Å². The highest BCUT2D eigenvalue weighted by Gasteiger charge is 2.36. The minimum Gasteiger partial charge on any atom is -0.481 e. The van der Waals surface area contributed by atoms with Gasteiger partial charge in [-0.1, -0.05) is 27.2 Å². The smallest absolute Gasteiger partial charge is 0.308 e. The summed E-state index contributed by atoms with van der Waals surface area (Å²) >= 11 is 0. The molecule has 3 nitrogen and oxygen atoms in total. The fourth-order valence-electron chi connectivity index (χ4n) is 2.99. The van der Waals surface area contributed by atoms with Crippen LogP contribution in [0, 0.1) is 11.8 Å². The summed E-state index contributed by atoms with van der Waals surface area (Å²) in [5, 5.41) is 9.28. The van der Waals surface area contributed by atoms with E-state index in [1.807, 2.05) is 0 Å². The maximum absolute atomic E-state index is 11.3. The van der Waals surface area contributed by atoms with Crippen molar-refractivity contribution in [1.29, 1.82) is 0 Å². The molecule has 1 rings (SSSR count). The lowest BCUT2D eigenvalue weighted by Gasteiger charge is -2.40. The fraction of sp³-hybridized carbons (Fsp3) is 0.923. The van der Waals surface area contributed by atoms with Gasteiger partial charge < -0.3 is 10.0 Å². The molecule has 94 valence electrons. The molecule has 1 N–H and O–H groups in total. The largest absolute Gasteiger partial charge is 0.481 e. The predicted octanol–water partition coefficient (Wildman–Crippen LogP) is 2.61. The van der Waals surface area contributed by atoms with Gasteiger partial charge in [-0.3, -0.25) is 4.79 Å². The summed E-state index contributed by atoms with van der Waals surface area (Å²) in [6.07, 6.45) is 4.19. The van der Waals surface area contributed by atoms with E-state index in [-0.39, 0.29) is 12.0 Å². The number of rotatable bonds is 5. The Bertz CT molecular complexity index is 226. The highest BCUT2D eigenvalue weighted by Crippen LogP contribution is 2.34. The monoisotopic (exact) mass is 227 g/mol. The van der Waals surface area contributed by atoms with Gasteiger partial charge in [-0.2, -0.15) is 0 Å². The van der Waals surface area contributed by atoms with Crippen molar-refractivity contribution in [2.24, 2.45) is 11.8 Å². The number of carboxylic acid groups (broad SMARTS) is 1. The van der Waals surface area contributed by atoms with E-state index in [9.17, 15) is 9.90 Å². The molecule has 0 amide bonds. The van der Waals surface area contributed by atoms with Crippen molar-refractivity contribution in [2.45, 2.75) is 52.5 Å². The SMILES string of the molecule is CCC1CCC(C(=O)O)C(N(CC)CC)C1. The minimum atomic E-state index is -0.605. The Morgan fingerprint density at radius 2 is 1.88 bits per heavy atom. The van der Waals surface area contributed by atoms with Crippen LogP contribution in [0.25, 0.3) is 0 Å². The molecule has 3 atom stereocenters. The Hall–Kier alpha value is -0.570. The van der Waals surface area contributed by atoms with Crippen molar-refractivity contribution in [1.82, 2.24) is 4.90 Å². The molecule has 0 aromatic carbocycles. The fourth-order valence-corrected chi connectivity index (χ4v) is 2.99. The molecule has 0 aromatic rings. The van der Waals surface area contributed by atoms with E-state index < -0.39 is 5.97 Å². The van der Waals surface area contributed by atoms with E-state index in [0.717, 1.165) is 38.3 Å². The highest BCUT2D eigenvalue weighted by molar-refractivity contribution is 5.71. The second-order valence-corrected chi connectivity index (χ2v) is 4.82. The molecule has 3 heteroatoms. The van der Waals surface area contributed by atoms with Gasteiger partial charge in [-0.25, -0.2) is 0 Å². The number of hydrogen-bond donors (Lipinski definition) is 1. The minimum absolute atomic E-state index is 0.150. The van der Waals surface area contributed by atoms with Crippen molar-refractivity contribution in [3.63, 3.8) is 0 Å². The van der Waals surface area contributed by atoms with E-state index in [2.05, 4.69) is 25.7 Å². The normalized spacial score (nSPS) is 30.6. The molecule has 0 saturated heterocycles. The summed E-state index contributed by atoms with van der Waals surface area (Å²) in [5.41, 5.74) is 0.